The predicted octanol–water partition coefficient (Wildman–Crippen LogP) is 5.34. The van der Waals surface area contributed by atoms with Crippen LogP contribution in [-0.2, 0) is 9.53 Å². The highest BCUT2D eigenvalue weighted by Gasteiger charge is 2.47. The molecule has 2 saturated heterocycles. The van der Waals surface area contributed by atoms with Gasteiger partial charge in [-0.15, -0.1) is 11.8 Å². The fraction of sp³-hybridized carbons (Fsp3) is 0.667. The van der Waals surface area contributed by atoms with Gasteiger partial charge in [-0.1, -0.05) is 18.2 Å². The molecule has 1 aromatic carbocycles. The van der Waals surface area contributed by atoms with Crippen LogP contribution in [-0.4, -0.2) is 40.5 Å². The van der Waals surface area contributed by atoms with Crippen molar-refractivity contribution in [3.05, 3.63) is 30.3 Å². The lowest BCUT2D eigenvalue weighted by Crippen LogP contribution is -2.28. The Hall–Kier alpha value is -0.650. The third-order valence-corrected chi connectivity index (χ3v) is 7.73. The number of carbonyl (C=O) groups is 1. The van der Waals surface area contributed by atoms with Crippen LogP contribution >= 0.6 is 23.5 Å². The summed E-state index contributed by atoms with van der Waals surface area (Å²) in [7, 11) is 0. The number of fused-ring (bicyclic) bond motifs is 2. The number of ether oxygens (including phenoxy) is 1. The Morgan fingerprint density at radius 3 is 2.38 bits per heavy atom. The number of carboxylic acids is 1. The zero-order valence-electron chi connectivity index (χ0n) is 15.3. The molecular weight excluding hydrogens is 364 g/mol. The molecule has 26 heavy (non-hydrogen) atoms. The van der Waals surface area contributed by atoms with Crippen LogP contribution in [0, 0.1) is 11.8 Å². The molecule has 2 heterocycles. The van der Waals surface area contributed by atoms with Crippen molar-refractivity contribution in [1.82, 2.24) is 0 Å². The zero-order chi connectivity index (χ0) is 18.2. The molecule has 0 unspecified atom stereocenters. The van der Waals surface area contributed by atoms with E-state index in [1.807, 2.05) is 23.5 Å². The van der Waals surface area contributed by atoms with Crippen LogP contribution in [0.5, 0.6) is 0 Å². The van der Waals surface area contributed by atoms with Gasteiger partial charge in [-0.05, 0) is 79.8 Å². The molecule has 0 aromatic heterocycles. The number of rotatable bonds is 12. The maximum atomic E-state index is 10.5. The first-order chi connectivity index (χ1) is 12.7. The summed E-state index contributed by atoms with van der Waals surface area (Å²) in [4.78, 5) is 11.9. The number of carboxylic acid groups (broad SMARTS) is 1. The van der Waals surface area contributed by atoms with E-state index in [1.165, 1.54) is 42.1 Å². The predicted molar refractivity (Wildman–Crippen MR) is 110 cm³/mol. The van der Waals surface area contributed by atoms with Gasteiger partial charge in [-0.25, -0.2) is 0 Å². The van der Waals surface area contributed by atoms with Gasteiger partial charge in [0, 0.05) is 11.3 Å². The van der Waals surface area contributed by atoms with Gasteiger partial charge in [-0.3, -0.25) is 4.79 Å². The SMILES string of the molecule is O=C(O)CCCCSCC[C@@H]1[C@H](CCSc2ccccc2)[C@@H]2CC[C@H]1O2. The molecule has 0 saturated carbocycles. The molecule has 0 aliphatic carbocycles. The largest absolute Gasteiger partial charge is 0.481 e. The second-order valence-electron chi connectivity index (χ2n) is 7.32. The number of aliphatic carboxylic acids is 1. The third-order valence-electron chi connectivity index (χ3n) is 5.58. The standard InChI is InChI=1S/C21H30O3S2/c22-21(23)8-4-5-13-25-14-11-17-18(20-10-9-19(17)24-20)12-15-26-16-6-2-1-3-7-16/h1-3,6-7,17-20H,4-5,8-15H2,(H,22,23)/t17-,18+,19-,20+/m1/s1. The van der Waals surface area contributed by atoms with Crippen molar-refractivity contribution < 1.29 is 14.6 Å². The normalized spacial score (nSPS) is 27.1. The van der Waals surface area contributed by atoms with E-state index in [0.29, 0.717) is 18.6 Å². The van der Waals surface area contributed by atoms with Gasteiger partial charge in [-0.2, -0.15) is 11.8 Å². The molecule has 5 heteroatoms. The summed E-state index contributed by atoms with van der Waals surface area (Å²) in [6.45, 7) is 0. The van der Waals surface area contributed by atoms with Gasteiger partial charge in [0.05, 0.1) is 12.2 Å². The summed E-state index contributed by atoms with van der Waals surface area (Å²) in [6.07, 6.45) is 8.15. The Morgan fingerprint density at radius 1 is 1.00 bits per heavy atom. The van der Waals surface area contributed by atoms with E-state index in [0.717, 1.165) is 30.4 Å². The number of unbranched alkanes of at least 4 members (excludes halogenated alkanes) is 1. The number of benzene rings is 1. The average molecular weight is 395 g/mol. The van der Waals surface area contributed by atoms with E-state index in [-0.39, 0.29) is 0 Å². The van der Waals surface area contributed by atoms with Crippen LogP contribution in [0.1, 0.15) is 44.9 Å². The van der Waals surface area contributed by atoms with Gasteiger partial charge in [0.1, 0.15) is 0 Å². The van der Waals surface area contributed by atoms with E-state index in [1.54, 1.807) is 0 Å². The Morgan fingerprint density at radius 2 is 1.69 bits per heavy atom. The van der Waals surface area contributed by atoms with Crippen LogP contribution in [0.2, 0.25) is 0 Å². The van der Waals surface area contributed by atoms with E-state index < -0.39 is 5.97 Å². The minimum atomic E-state index is -0.676. The summed E-state index contributed by atoms with van der Waals surface area (Å²) in [5.74, 6) is 4.25. The first kappa shape index (κ1) is 20.1. The van der Waals surface area contributed by atoms with Crippen LogP contribution in [0.3, 0.4) is 0 Å². The Bertz CT molecular complexity index is 551. The highest BCUT2D eigenvalue weighted by Crippen LogP contribution is 2.47. The molecular formula is C21H30O3S2. The third kappa shape index (κ3) is 5.93. The van der Waals surface area contributed by atoms with E-state index in [2.05, 4.69) is 30.3 Å². The lowest BCUT2D eigenvalue weighted by Gasteiger charge is -2.28. The summed E-state index contributed by atoms with van der Waals surface area (Å²) in [5, 5.41) is 8.67. The molecule has 2 aliphatic rings. The van der Waals surface area contributed by atoms with Gasteiger partial charge < -0.3 is 9.84 Å². The van der Waals surface area contributed by atoms with Crippen molar-refractivity contribution in [3.63, 3.8) is 0 Å². The molecule has 0 amide bonds. The minimum Gasteiger partial charge on any atom is -0.481 e. The second-order valence-corrected chi connectivity index (χ2v) is 9.71. The van der Waals surface area contributed by atoms with Crippen LogP contribution < -0.4 is 0 Å². The van der Waals surface area contributed by atoms with Crippen molar-refractivity contribution in [1.29, 1.82) is 0 Å². The minimum absolute atomic E-state index is 0.307. The maximum Gasteiger partial charge on any atom is 0.303 e. The lowest BCUT2D eigenvalue weighted by atomic mass is 9.76. The topological polar surface area (TPSA) is 46.5 Å². The maximum absolute atomic E-state index is 10.5. The fourth-order valence-corrected chi connectivity index (χ4v) is 6.33. The van der Waals surface area contributed by atoms with Gasteiger partial charge in [0.2, 0.25) is 0 Å². The van der Waals surface area contributed by atoms with Gasteiger partial charge >= 0.3 is 5.97 Å². The zero-order valence-corrected chi connectivity index (χ0v) is 17.0. The lowest BCUT2D eigenvalue weighted by molar-refractivity contribution is -0.137. The monoisotopic (exact) mass is 394 g/mol. The number of hydrogen-bond acceptors (Lipinski definition) is 4. The molecule has 144 valence electrons. The smallest absolute Gasteiger partial charge is 0.303 e. The Labute approximate surface area is 165 Å². The van der Waals surface area contributed by atoms with E-state index >= 15 is 0 Å². The van der Waals surface area contributed by atoms with E-state index in [9.17, 15) is 4.79 Å². The molecule has 2 bridgehead atoms. The van der Waals surface area contributed by atoms with Crippen molar-refractivity contribution in [2.75, 3.05) is 17.3 Å². The summed E-state index contributed by atoms with van der Waals surface area (Å²) >= 11 is 3.96. The molecule has 1 N–H and O–H groups in total. The summed E-state index contributed by atoms with van der Waals surface area (Å²) in [5.41, 5.74) is 0. The van der Waals surface area contributed by atoms with Crippen LogP contribution in [0.4, 0.5) is 0 Å². The average Bonchev–Trinajstić information content (AvgIpc) is 3.24. The van der Waals surface area contributed by atoms with Crippen LogP contribution in [0.15, 0.2) is 35.2 Å². The highest BCUT2D eigenvalue weighted by molar-refractivity contribution is 7.99. The fourth-order valence-electron chi connectivity index (χ4n) is 4.30. The molecule has 3 nitrogen and oxygen atoms in total. The van der Waals surface area contributed by atoms with Gasteiger partial charge in [0.15, 0.2) is 0 Å². The molecule has 4 atom stereocenters. The summed E-state index contributed by atoms with van der Waals surface area (Å²) < 4.78 is 6.24. The Balaban J connectivity index is 1.35. The quantitative estimate of drug-likeness (QED) is 0.383. The first-order valence-corrected chi connectivity index (χ1v) is 12.0. The van der Waals surface area contributed by atoms with Gasteiger partial charge in [0.25, 0.3) is 0 Å². The number of hydrogen-bond donors (Lipinski definition) is 1. The van der Waals surface area contributed by atoms with E-state index in [4.69, 9.17) is 9.84 Å². The molecule has 0 radical (unpaired) electrons. The van der Waals surface area contributed by atoms with Crippen LogP contribution in [0.25, 0.3) is 0 Å². The molecule has 1 aromatic rings. The van der Waals surface area contributed by atoms with Crippen molar-refractivity contribution in [3.8, 4) is 0 Å². The Kier molecular flexibility index (Phi) is 8.21. The highest BCUT2D eigenvalue weighted by atomic mass is 32.2. The van der Waals surface area contributed by atoms with Crippen molar-refractivity contribution >= 4 is 29.5 Å². The van der Waals surface area contributed by atoms with Crippen molar-refractivity contribution in [2.45, 2.75) is 62.0 Å². The van der Waals surface area contributed by atoms with Crippen molar-refractivity contribution in [2.24, 2.45) is 11.8 Å². The molecule has 2 fully saturated rings. The number of thioether (sulfide) groups is 2. The molecule has 3 rings (SSSR count). The second kappa shape index (κ2) is 10.6. The molecule has 2 aliphatic heterocycles. The summed E-state index contributed by atoms with van der Waals surface area (Å²) in [6, 6.07) is 10.7. The molecule has 0 spiro atoms. The first-order valence-electron chi connectivity index (χ1n) is 9.87.